The molecule has 1 heterocycles. The van der Waals surface area contributed by atoms with Gasteiger partial charge in [0.25, 0.3) is 0 Å². The number of anilines is 2. The molecule has 0 aliphatic carbocycles. The first-order chi connectivity index (χ1) is 8.60. The van der Waals surface area contributed by atoms with E-state index in [9.17, 15) is 0 Å². The second kappa shape index (κ2) is 5.18. The highest BCUT2D eigenvalue weighted by Crippen LogP contribution is 2.22. The van der Waals surface area contributed by atoms with Gasteiger partial charge >= 0.3 is 6.01 Å². The summed E-state index contributed by atoms with van der Waals surface area (Å²) in [4.78, 5) is 0. The molecule has 0 aliphatic rings. The first-order valence-electron chi connectivity index (χ1n) is 5.95. The molecule has 2 N–H and O–H groups in total. The number of hydrogen-bond acceptors (Lipinski definition) is 5. The molecule has 0 saturated heterocycles. The summed E-state index contributed by atoms with van der Waals surface area (Å²) in [5, 5.41) is 14.2. The maximum Gasteiger partial charge on any atom is 0.320 e. The standard InChI is InChI=1S/C13H18N4O/c1-8-5-6-9(2)11(7-8)15-13-17-16-12(18-13)10(3)14-4/h5-7,10,14H,1-4H3,(H,15,17). The van der Waals surface area contributed by atoms with Gasteiger partial charge < -0.3 is 15.1 Å². The molecule has 2 rings (SSSR count). The van der Waals surface area contributed by atoms with Gasteiger partial charge in [-0.3, -0.25) is 0 Å². The highest BCUT2D eigenvalue weighted by Gasteiger charge is 2.12. The van der Waals surface area contributed by atoms with Crippen molar-refractivity contribution in [3.05, 3.63) is 35.2 Å². The average molecular weight is 246 g/mol. The van der Waals surface area contributed by atoms with Gasteiger partial charge in [0.15, 0.2) is 0 Å². The number of nitrogens with zero attached hydrogens (tertiary/aromatic N) is 2. The van der Waals surface area contributed by atoms with Gasteiger partial charge in [-0.2, -0.15) is 0 Å². The minimum absolute atomic E-state index is 0.0478. The smallest absolute Gasteiger partial charge is 0.320 e. The average Bonchev–Trinajstić information content (AvgIpc) is 2.81. The van der Waals surface area contributed by atoms with Gasteiger partial charge in [0.05, 0.1) is 6.04 Å². The van der Waals surface area contributed by atoms with E-state index in [0.29, 0.717) is 11.9 Å². The van der Waals surface area contributed by atoms with Gasteiger partial charge in [-0.25, -0.2) is 0 Å². The van der Waals surface area contributed by atoms with E-state index in [1.165, 1.54) is 5.56 Å². The van der Waals surface area contributed by atoms with E-state index in [-0.39, 0.29) is 6.04 Å². The molecule has 96 valence electrons. The Morgan fingerprint density at radius 2 is 2.00 bits per heavy atom. The first kappa shape index (κ1) is 12.6. The number of benzene rings is 1. The molecule has 0 spiro atoms. The van der Waals surface area contributed by atoms with E-state index in [1.807, 2.05) is 27.8 Å². The van der Waals surface area contributed by atoms with Crippen LogP contribution in [0.1, 0.15) is 30.0 Å². The first-order valence-corrected chi connectivity index (χ1v) is 5.95. The molecule has 1 unspecified atom stereocenters. The lowest BCUT2D eigenvalue weighted by molar-refractivity contribution is 0.443. The summed E-state index contributed by atoms with van der Waals surface area (Å²) in [5.74, 6) is 0.574. The molecule has 0 aliphatic heterocycles. The maximum atomic E-state index is 5.54. The second-order valence-electron chi connectivity index (χ2n) is 4.40. The van der Waals surface area contributed by atoms with Crippen molar-refractivity contribution in [3.63, 3.8) is 0 Å². The summed E-state index contributed by atoms with van der Waals surface area (Å²) < 4.78 is 5.54. The minimum Gasteiger partial charge on any atom is -0.406 e. The van der Waals surface area contributed by atoms with E-state index in [1.54, 1.807) is 0 Å². The zero-order valence-corrected chi connectivity index (χ0v) is 11.1. The molecule has 1 aromatic carbocycles. The fourth-order valence-corrected chi connectivity index (χ4v) is 1.57. The molecule has 5 nitrogen and oxygen atoms in total. The quantitative estimate of drug-likeness (QED) is 0.868. The molecule has 0 fully saturated rings. The molecule has 0 amide bonds. The van der Waals surface area contributed by atoms with E-state index >= 15 is 0 Å². The van der Waals surface area contributed by atoms with Crippen molar-refractivity contribution in [1.29, 1.82) is 0 Å². The van der Waals surface area contributed by atoms with E-state index in [4.69, 9.17) is 4.42 Å². The Labute approximate surface area is 107 Å². The van der Waals surface area contributed by atoms with Crippen LogP contribution in [0.25, 0.3) is 0 Å². The van der Waals surface area contributed by atoms with Crippen molar-refractivity contribution in [3.8, 4) is 0 Å². The fraction of sp³-hybridized carbons (Fsp3) is 0.385. The Kier molecular flexibility index (Phi) is 3.62. The zero-order chi connectivity index (χ0) is 13.1. The van der Waals surface area contributed by atoms with Crippen molar-refractivity contribution in [2.45, 2.75) is 26.8 Å². The van der Waals surface area contributed by atoms with Crippen LogP contribution >= 0.6 is 0 Å². The van der Waals surface area contributed by atoms with E-state index < -0.39 is 0 Å². The lowest BCUT2D eigenvalue weighted by atomic mass is 10.1. The number of hydrogen-bond donors (Lipinski definition) is 2. The third kappa shape index (κ3) is 2.68. The summed E-state index contributed by atoms with van der Waals surface area (Å²) >= 11 is 0. The van der Waals surface area contributed by atoms with Crippen LogP contribution in [-0.4, -0.2) is 17.2 Å². The summed E-state index contributed by atoms with van der Waals surface area (Å²) in [7, 11) is 1.85. The van der Waals surface area contributed by atoms with Gasteiger partial charge in [-0.05, 0) is 45.0 Å². The molecule has 0 saturated carbocycles. The molecule has 0 radical (unpaired) electrons. The Morgan fingerprint density at radius 1 is 1.22 bits per heavy atom. The van der Waals surface area contributed by atoms with Crippen molar-refractivity contribution in [2.75, 3.05) is 12.4 Å². The van der Waals surface area contributed by atoms with Gasteiger partial charge in [-0.1, -0.05) is 17.2 Å². The van der Waals surface area contributed by atoms with Crippen molar-refractivity contribution in [1.82, 2.24) is 15.5 Å². The zero-order valence-electron chi connectivity index (χ0n) is 11.1. The van der Waals surface area contributed by atoms with Crippen LogP contribution in [0.15, 0.2) is 22.6 Å². The molecule has 1 atom stereocenters. The molecule has 0 bridgehead atoms. The van der Waals surface area contributed by atoms with Crippen molar-refractivity contribution < 1.29 is 4.42 Å². The minimum atomic E-state index is 0.0478. The monoisotopic (exact) mass is 246 g/mol. The number of aryl methyl sites for hydroxylation is 2. The van der Waals surface area contributed by atoms with Gasteiger partial charge in [0, 0.05) is 5.69 Å². The van der Waals surface area contributed by atoms with Crippen LogP contribution < -0.4 is 10.6 Å². The lowest BCUT2D eigenvalue weighted by Gasteiger charge is -2.07. The number of nitrogens with one attached hydrogen (secondary N) is 2. The van der Waals surface area contributed by atoms with E-state index in [0.717, 1.165) is 11.3 Å². The SMILES string of the molecule is CNC(C)c1nnc(Nc2cc(C)ccc2C)o1. The summed E-state index contributed by atoms with van der Waals surface area (Å²) in [6.07, 6.45) is 0. The topological polar surface area (TPSA) is 63.0 Å². The van der Waals surface area contributed by atoms with Gasteiger partial charge in [-0.15, -0.1) is 5.10 Å². The predicted octanol–water partition coefficient (Wildman–Crippen LogP) is 2.71. The number of rotatable bonds is 4. The van der Waals surface area contributed by atoms with Crippen LogP contribution in [0.2, 0.25) is 0 Å². The largest absolute Gasteiger partial charge is 0.406 e. The molecule has 2 aromatic rings. The molecule has 18 heavy (non-hydrogen) atoms. The van der Waals surface area contributed by atoms with Gasteiger partial charge in [0.2, 0.25) is 5.89 Å². The molecule has 1 aromatic heterocycles. The summed E-state index contributed by atoms with van der Waals surface area (Å²) in [6.45, 7) is 6.05. The second-order valence-corrected chi connectivity index (χ2v) is 4.40. The lowest BCUT2D eigenvalue weighted by Crippen LogP contribution is -2.12. The van der Waals surface area contributed by atoms with E-state index in [2.05, 4.69) is 39.0 Å². The summed E-state index contributed by atoms with van der Waals surface area (Å²) in [5.41, 5.74) is 3.32. The van der Waals surface area contributed by atoms with Crippen LogP contribution in [0.4, 0.5) is 11.7 Å². The Bertz CT molecular complexity index is 536. The third-order valence-electron chi connectivity index (χ3n) is 2.88. The summed E-state index contributed by atoms with van der Waals surface area (Å²) in [6, 6.07) is 6.65. The van der Waals surface area contributed by atoms with Crippen LogP contribution in [0.3, 0.4) is 0 Å². The molecular formula is C13H18N4O. The number of aromatic nitrogens is 2. The fourth-order valence-electron chi connectivity index (χ4n) is 1.57. The molecule has 5 heteroatoms. The van der Waals surface area contributed by atoms with Crippen LogP contribution in [0.5, 0.6) is 0 Å². The van der Waals surface area contributed by atoms with Crippen molar-refractivity contribution >= 4 is 11.7 Å². The van der Waals surface area contributed by atoms with Crippen LogP contribution in [-0.2, 0) is 0 Å². The normalized spacial score (nSPS) is 12.4. The highest BCUT2D eigenvalue weighted by atomic mass is 16.4. The highest BCUT2D eigenvalue weighted by molar-refractivity contribution is 5.58. The maximum absolute atomic E-state index is 5.54. The van der Waals surface area contributed by atoms with Gasteiger partial charge in [0.1, 0.15) is 0 Å². The molecular weight excluding hydrogens is 228 g/mol. The Morgan fingerprint density at radius 3 is 2.72 bits per heavy atom. The Balaban J connectivity index is 2.18. The Hall–Kier alpha value is -1.88. The van der Waals surface area contributed by atoms with Crippen molar-refractivity contribution in [2.24, 2.45) is 0 Å². The van der Waals surface area contributed by atoms with Crippen LogP contribution in [0, 0.1) is 13.8 Å². The predicted molar refractivity (Wildman–Crippen MR) is 71.0 cm³/mol. The third-order valence-corrected chi connectivity index (χ3v) is 2.88.